The van der Waals surface area contributed by atoms with Gasteiger partial charge in [-0.15, -0.1) is 0 Å². The van der Waals surface area contributed by atoms with Gasteiger partial charge in [-0.3, -0.25) is 4.90 Å². The van der Waals surface area contributed by atoms with Gasteiger partial charge in [0.05, 0.1) is 18.9 Å². The number of hydrogen-bond acceptors (Lipinski definition) is 6. The summed E-state index contributed by atoms with van der Waals surface area (Å²) in [6, 6.07) is 8.45. The Balaban J connectivity index is 2.04. The highest BCUT2D eigenvalue weighted by molar-refractivity contribution is 7.89. The predicted octanol–water partition coefficient (Wildman–Crippen LogP) is 2.20. The smallest absolute Gasteiger partial charge is 0.327 e. The number of benzene rings is 1. The number of rotatable bonds is 8. The molecule has 0 aromatic heterocycles. The lowest BCUT2D eigenvalue weighted by Crippen LogP contribution is -2.51. The maximum Gasteiger partial charge on any atom is 0.327 e. The van der Waals surface area contributed by atoms with E-state index < -0.39 is 22.0 Å². The molecule has 0 N–H and O–H groups in total. The highest BCUT2D eigenvalue weighted by atomic mass is 35.5. The maximum atomic E-state index is 12.5. The molecule has 9 heteroatoms. The molecular formula is C18H24ClN3O4S. The van der Waals surface area contributed by atoms with Gasteiger partial charge in [0.15, 0.2) is 0 Å². The molecule has 27 heavy (non-hydrogen) atoms. The Labute approximate surface area is 165 Å². The molecule has 1 aromatic carbocycles. The van der Waals surface area contributed by atoms with Crippen molar-refractivity contribution in [1.82, 2.24) is 9.21 Å². The van der Waals surface area contributed by atoms with Crippen LogP contribution in [0.5, 0.6) is 0 Å². The van der Waals surface area contributed by atoms with Crippen molar-refractivity contribution < 1.29 is 17.9 Å². The Kier molecular flexibility index (Phi) is 8.05. The SMILES string of the molecule is COC(=O)C(c1ccccc1Cl)N1CCN(S(=O)(=O)CCCCC#N)CC1. The van der Waals surface area contributed by atoms with Gasteiger partial charge < -0.3 is 4.74 Å². The second-order valence-electron chi connectivity index (χ2n) is 6.31. The fourth-order valence-electron chi connectivity index (χ4n) is 3.14. The molecule has 1 saturated heterocycles. The van der Waals surface area contributed by atoms with Crippen molar-refractivity contribution in [1.29, 1.82) is 5.26 Å². The van der Waals surface area contributed by atoms with Crippen molar-refractivity contribution in [2.75, 3.05) is 39.0 Å². The molecule has 0 spiro atoms. The average molecular weight is 414 g/mol. The van der Waals surface area contributed by atoms with Gasteiger partial charge in [0, 0.05) is 37.6 Å². The summed E-state index contributed by atoms with van der Waals surface area (Å²) in [5.74, 6) is -0.379. The highest BCUT2D eigenvalue weighted by Crippen LogP contribution is 2.29. The van der Waals surface area contributed by atoms with Gasteiger partial charge in [0.1, 0.15) is 6.04 Å². The van der Waals surface area contributed by atoms with E-state index in [1.54, 1.807) is 24.3 Å². The molecule has 148 valence electrons. The number of methoxy groups -OCH3 is 1. The molecular weight excluding hydrogens is 390 g/mol. The maximum absolute atomic E-state index is 12.5. The van der Waals surface area contributed by atoms with Crippen LogP contribution in [0.2, 0.25) is 5.02 Å². The van der Waals surface area contributed by atoms with Crippen molar-refractivity contribution in [2.45, 2.75) is 25.3 Å². The van der Waals surface area contributed by atoms with Crippen LogP contribution in [-0.4, -0.2) is 62.6 Å². The number of carbonyl (C=O) groups is 1. The van der Waals surface area contributed by atoms with E-state index in [1.165, 1.54) is 11.4 Å². The Morgan fingerprint density at radius 1 is 1.26 bits per heavy atom. The Morgan fingerprint density at radius 3 is 2.52 bits per heavy atom. The van der Waals surface area contributed by atoms with E-state index >= 15 is 0 Å². The standard InChI is InChI=1S/C18H24ClN3O4S/c1-26-18(23)17(15-7-3-4-8-16(15)19)21-10-12-22(13-11-21)27(24,25)14-6-2-5-9-20/h3-4,7-8,17H,2,5-6,10-14H2,1H3. The van der Waals surface area contributed by atoms with Crippen LogP contribution in [0.15, 0.2) is 24.3 Å². The van der Waals surface area contributed by atoms with E-state index in [4.69, 9.17) is 21.6 Å². The monoisotopic (exact) mass is 413 g/mol. The summed E-state index contributed by atoms with van der Waals surface area (Å²) >= 11 is 6.26. The summed E-state index contributed by atoms with van der Waals surface area (Å²) < 4.78 is 31.3. The van der Waals surface area contributed by atoms with Crippen LogP contribution >= 0.6 is 11.6 Å². The topological polar surface area (TPSA) is 90.7 Å². The van der Waals surface area contributed by atoms with Gasteiger partial charge in [0.25, 0.3) is 0 Å². The minimum absolute atomic E-state index is 0.0413. The molecule has 1 atom stereocenters. The molecule has 0 bridgehead atoms. The average Bonchev–Trinajstić information content (AvgIpc) is 2.67. The third-order valence-electron chi connectivity index (χ3n) is 4.60. The number of hydrogen-bond donors (Lipinski definition) is 0. The number of nitriles is 1. The lowest BCUT2D eigenvalue weighted by molar-refractivity contribution is -0.147. The molecule has 0 radical (unpaired) electrons. The van der Waals surface area contributed by atoms with Gasteiger partial charge in [0.2, 0.25) is 10.0 Å². The van der Waals surface area contributed by atoms with Gasteiger partial charge in [-0.2, -0.15) is 9.57 Å². The molecule has 1 aliphatic heterocycles. The number of ether oxygens (including phenoxy) is 1. The van der Waals surface area contributed by atoms with E-state index in [-0.39, 0.29) is 5.75 Å². The number of sulfonamides is 1. The third kappa shape index (κ3) is 5.66. The summed E-state index contributed by atoms with van der Waals surface area (Å²) in [6.45, 7) is 1.42. The third-order valence-corrected chi connectivity index (χ3v) is 6.90. The molecule has 0 aliphatic carbocycles. The number of piperazine rings is 1. The summed E-state index contributed by atoms with van der Waals surface area (Å²) in [4.78, 5) is 14.3. The van der Waals surface area contributed by atoms with Crippen molar-refractivity contribution in [2.24, 2.45) is 0 Å². The Morgan fingerprint density at radius 2 is 1.93 bits per heavy atom. The van der Waals surface area contributed by atoms with Gasteiger partial charge in [-0.1, -0.05) is 29.8 Å². The summed E-state index contributed by atoms with van der Waals surface area (Å²) in [5, 5.41) is 9.01. The van der Waals surface area contributed by atoms with Gasteiger partial charge in [-0.25, -0.2) is 13.2 Å². The van der Waals surface area contributed by atoms with Crippen LogP contribution in [0.25, 0.3) is 0 Å². The van der Waals surface area contributed by atoms with E-state index in [9.17, 15) is 13.2 Å². The Hall–Kier alpha value is -1.66. The zero-order valence-corrected chi connectivity index (χ0v) is 16.9. The van der Waals surface area contributed by atoms with Gasteiger partial charge in [-0.05, 0) is 24.5 Å². The molecule has 1 unspecified atom stereocenters. The largest absolute Gasteiger partial charge is 0.468 e. The highest BCUT2D eigenvalue weighted by Gasteiger charge is 2.35. The molecule has 1 aromatic rings. The Bertz CT molecular complexity index is 786. The summed E-state index contributed by atoms with van der Waals surface area (Å²) in [7, 11) is -2.03. The minimum atomic E-state index is -3.36. The summed E-state index contributed by atoms with van der Waals surface area (Å²) in [6.07, 6.45) is 1.41. The fourth-order valence-corrected chi connectivity index (χ4v) is 4.92. The quantitative estimate of drug-likeness (QED) is 0.479. The van der Waals surface area contributed by atoms with Crippen molar-refractivity contribution >= 4 is 27.6 Å². The molecule has 0 saturated carbocycles. The minimum Gasteiger partial charge on any atom is -0.468 e. The first-order valence-electron chi connectivity index (χ1n) is 8.82. The lowest BCUT2D eigenvalue weighted by Gasteiger charge is -2.37. The molecule has 2 rings (SSSR count). The molecule has 1 fully saturated rings. The number of carbonyl (C=O) groups excluding carboxylic acids is 1. The van der Waals surface area contributed by atoms with Crippen LogP contribution in [0, 0.1) is 11.3 Å². The van der Waals surface area contributed by atoms with Crippen molar-refractivity contribution in [3.63, 3.8) is 0 Å². The molecule has 7 nitrogen and oxygen atoms in total. The fraction of sp³-hybridized carbons (Fsp3) is 0.556. The number of nitrogens with zero attached hydrogens (tertiary/aromatic N) is 3. The molecule has 1 aliphatic rings. The van der Waals surface area contributed by atoms with Crippen LogP contribution in [0.1, 0.15) is 30.9 Å². The van der Waals surface area contributed by atoms with Crippen LogP contribution < -0.4 is 0 Å². The normalized spacial score (nSPS) is 17.2. The van der Waals surface area contributed by atoms with E-state index in [1.807, 2.05) is 11.0 Å². The number of halogens is 1. The first-order chi connectivity index (χ1) is 12.9. The number of esters is 1. The van der Waals surface area contributed by atoms with Gasteiger partial charge >= 0.3 is 5.97 Å². The van der Waals surface area contributed by atoms with E-state index in [2.05, 4.69) is 0 Å². The lowest BCUT2D eigenvalue weighted by atomic mass is 10.0. The van der Waals surface area contributed by atoms with Crippen molar-refractivity contribution in [3.05, 3.63) is 34.9 Å². The van der Waals surface area contributed by atoms with Crippen molar-refractivity contribution in [3.8, 4) is 6.07 Å². The predicted molar refractivity (Wildman–Crippen MR) is 103 cm³/mol. The zero-order chi connectivity index (χ0) is 19.9. The van der Waals surface area contributed by atoms with Crippen LogP contribution in [-0.2, 0) is 19.6 Å². The van der Waals surface area contributed by atoms with E-state index in [0.717, 1.165) is 0 Å². The molecule has 0 amide bonds. The zero-order valence-electron chi connectivity index (χ0n) is 15.3. The van der Waals surface area contributed by atoms with E-state index in [0.29, 0.717) is 56.0 Å². The number of unbranched alkanes of at least 4 members (excludes halogenated alkanes) is 2. The van der Waals surface area contributed by atoms with Crippen LogP contribution in [0.3, 0.4) is 0 Å². The first kappa shape index (κ1) is 21.6. The molecule has 1 heterocycles. The second-order valence-corrected chi connectivity index (χ2v) is 8.81. The first-order valence-corrected chi connectivity index (χ1v) is 10.8. The van der Waals surface area contributed by atoms with Crippen LogP contribution in [0.4, 0.5) is 0 Å². The second kappa shape index (κ2) is 10.0. The summed E-state index contributed by atoms with van der Waals surface area (Å²) in [5.41, 5.74) is 0.652.